The van der Waals surface area contributed by atoms with Crippen molar-refractivity contribution in [3.8, 4) is 5.75 Å². The van der Waals surface area contributed by atoms with Crippen molar-refractivity contribution in [2.45, 2.75) is 12.8 Å². The van der Waals surface area contributed by atoms with Crippen LogP contribution >= 0.6 is 11.3 Å². The van der Waals surface area contributed by atoms with Crippen molar-refractivity contribution in [1.29, 1.82) is 0 Å². The van der Waals surface area contributed by atoms with Crippen molar-refractivity contribution < 1.29 is 4.74 Å². The Kier molecular flexibility index (Phi) is 3.80. The summed E-state index contributed by atoms with van der Waals surface area (Å²) >= 11 is 1.87. The van der Waals surface area contributed by atoms with E-state index in [0.29, 0.717) is 0 Å². The number of thiophene rings is 1. The molecule has 0 saturated heterocycles. The van der Waals surface area contributed by atoms with E-state index in [1.807, 2.05) is 24.5 Å². The predicted octanol–water partition coefficient (Wildman–Crippen LogP) is 3.06. The van der Waals surface area contributed by atoms with Crippen molar-refractivity contribution in [1.82, 2.24) is 5.32 Å². The summed E-state index contributed by atoms with van der Waals surface area (Å²) in [4.78, 5) is 1.46. The molecule has 0 amide bonds. The smallest absolute Gasteiger partial charge is 0.120 e. The number of aryl methyl sites for hydroxylation is 1. The minimum Gasteiger partial charge on any atom is -0.497 e. The lowest BCUT2D eigenvalue weighted by Gasteiger charge is -1.97. The van der Waals surface area contributed by atoms with Crippen molar-refractivity contribution in [2.75, 3.05) is 20.7 Å². The highest BCUT2D eigenvalue weighted by Crippen LogP contribution is 2.29. The van der Waals surface area contributed by atoms with E-state index in [2.05, 4.69) is 23.5 Å². The summed E-state index contributed by atoms with van der Waals surface area (Å²) < 4.78 is 6.55. The number of methoxy groups -OCH3 is 1. The molecule has 0 bridgehead atoms. The van der Waals surface area contributed by atoms with Gasteiger partial charge >= 0.3 is 0 Å². The molecule has 0 aliphatic carbocycles. The van der Waals surface area contributed by atoms with Gasteiger partial charge in [-0.2, -0.15) is 0 Å². The molecule has 16 heavy (non-hydrogen) atoms. The first-order valence-electron chi connectivity index (χ1n) is 5.54. The fraction of sp³-hybridized carbons (Fsp3) is 0.385. The standard InChI is InChI=1S/C13H17NOS/c1-14-7-3-4-12-8-10-5-6-11(15-2)9-13(10)16-12/h5-6,8-9,14H,3-4,7H2,1-2H3. The van der Waals surface area contributed by atoms with Crippen LogP contribution in [0.3, 0.4) is 0 Å². The Hall–Kier alpha value is -1.06. The van der Waals surface area contributed by atoms with Crippen molar-refractivity contribution in [3.05, 3.63) is 29.1 Å². The third-order valence-electron chi connectivity index (χ3n) is 2.63. The summed E-state index contributed by atoms with van der Waals surface area (Å²) in [7, 11) is 3.71. The molecule has 0 saturated carbocycles. The summed E-state index contributed by atoms with van der Waals surface area (Å²) in [6, 6.07) is 8.55. The van der Waals surface area contributed by atoms with Gasteiger partial charge in [0.25, 0.3) is 0 Å². The highest BCUT2D eigenvalue weighted by atomic mass is 32.1. The molecule has 0 fully saturated rings. The number of nitrogens with one attached hydrogen (secondary N) is 1. The van der Waals surface area contributed by atoms with Crippen LogP contribution in [0.5, 0.6) is 5.75 Å². The van der Waals surface area contributed by atoms with Gasteiger partial charge in [0.1, 0.15) is 5.75 Å². The molecule has 3 heteroatoms. The second-order valence-electron chi connectivity index (χ2n) is 3.82. The third-order valence-corrected chi connectivity index (χ3v) is 3.79. The van der Waals surface area contributed by atoms with E-state index in [9.17, 15) is 0 Å². The molecule has 0 unspecified atom stereocenters. The van der Waals surface area contributed by atoms with Gasteiger partial charge in [0.15, 0.2) is 0 Å². The fourth-order valence-electron chi connectivity index (χ4n) is 1.76. The van der Waals surface area contributed by atoms with Crippen LogP contribution in [0.4, 0.5) is 0 Å². The van der Waals surface area contributed by atoms with Crippen LogP contribution < -0.4 is 10.1 Å². The molecule has 1 N–H and O–H groups in total. The number of ether oxygens (including phenoxy) is 1. The van der Waals surface area contributed by atoms with Crippen molar-refractivity contribution >= 4 is 21.4 Å². The Bertz CT molecular complexity index is 464. The summed E-state index contributed by atoms with van der Waals surface area (Å²) in [6.45, 7) is 1.08. The Balaban J connectivity index is 2.16. The molecule has 2 aromatic rings. The molecule has 0 radical (unpaired) electrons. The maximum Gasteiger partial charge on any atom is 0.120 e. The zero-order valence-electron chi connectivity index (χ0n) is 9.75. The van der Waals surface area contributed by atoms with Gasteiger partial charge in [-0.3, -0.25) is 0 Å². The monoisotopic (exact) mass is 235 g/mol. The topological polar surface area (TPSA) is 21.3 Å². The Labute approximate surface area is 100 Å². The summed E-state index contributed by atoms with van der Waals surface area (Å²) in [5.41, 5.74) is 0. The van der Waals surface area contributed by atoms with Gasteiger partial charge in [0.2, 0.25) is 0 Å². The van der Waals surface area contributed by atoms with Gasteiger partial charge in [-0.05, 0) is 56.1 Å². The first-order chi connectivity index (χ1) is 7.83. The maximum atomic E-state index is 5.23. The summed E-state index contributed by atoms with van der Waals surface area (Å²) in [5, 5.41) is 4.50. The lowest BCUT2D eigenvalue weighted by molar-refractivity contribution is 0.415. The van der Waals surface area contributed by atoms with Crippen LogP contribution in [0.1, 0.15) is 11.3 Å². The summed E-state index contributed by atoms with van der Waals surface area (Å²) in [6.07, 6.45) is 2.35. The quantitative estimate of drug-likeness (QED) is 0.804. The number of hydrogen-bond donors (Lipinski definition) is 1. The molecule has 86 valence electrons. The van der Waals surface area contributed by atoms with E-state index in [0.717, 1.165) is 18.7 Å². The minimum atomic E-state index is 0.941. The van der Waals surface area contributed by atoms with Crippen LogP contribution in [0.15, 0.2) is 24.3 Å². The zero-order chi connectivity index (χ0) is 11.4. The van der Waals surface area contributed by atoms with Crippen molar-refractivity contribution in [3.63, 3.8) is 0 Å². The molecule has 2 nitrogen and oxygen atoms in total. The minimum absolute atomic E-state index is 0.941. The second-order valence-corrected chi connectivity index (χ2v) is 4.99. The molecule has 0 aliphatic rings. The molecule has 0 atom stereocenters. The SMILES string of the molecule is CNCCCc1cc2ccc(OC)cc2s1. The number of benzene rings is 1. The highest BCUT2D eigenvalue weighted by Gasteiger charge is 2.02. The first-order valence-corrected chi connectivity index (χ1v) is 6.36. The highest BCUT2D eigenvalue weighted by molar-refractivity contribution is 7.19. The fourth-order valence-corrected chi connectivity index (χ4v) is 2.89. The van der Waals surface area contributed by atoms with E-state index in [1.165, 1.54) is 21.4 Å². The van der Waals surface area contributed by atoms with Gasteiger partial charge in [-0.25, -0.2) is 0 Å². The van der Waals surface area contributed by atoms with E-state index in [1.54, 1.807) is 7.11 Å². The number of fused-ring (bicyclic) bond motifs is 1. The average Bonchev–Trinajstić information content (AvgIpc) is 2.70. The van der Waals surface area contributed by atoms with Gasteiger partial charge in [0, 0.05) is 9.58 Å². The maximum absolute atomic E-state index is 5.23. The van der Waals surface area contributed by atoms with Gasteiger partial charge in [-0.1, -0.05) is 0 Å². The van der Waals surface area contributed by atoms with Crippen LogP contribution in [0.25, 0.3) is 10.1 Å². The van der Waals surface area contributed by atoms with E-state index >= 15 is 0 Å². The van der Waals surface area contributed by atoms with Gasteiger partial charge in [-0.15, -0.1) is 11.3 Å². The molecule has 1 aromatic carbocycles. The first kappa shape index (κ1) is 11.4. The lowest BCUT2D eigenvalue weighted by atomic mass is 10.2. The molecule has 1 aromatic heterocycles. The molecule has 0 aliphatic heterocycles. The van der Waals surface area contributed by atoms with Gasteiger partial charge < -0.3 is 10.1 Å². The van der Waals surface area contributed by atoms with Crippen LogP contribution in [-0.2, 0) is 6.42 Å². The summed E-state index contributed by atoms with van der Waals surface area (Å²) in [5.74, 6) is 0.941. The molecule has 1 heterocycles. The largest absolute Gasteiger partial charge is 0.497 e. The normalized spacial score (nSPS) is 10.9. The van der Waals surface area contributed by atoms with Crippen molar-refractivity contribution in [2.24, 2.45) is 0 Å². The van der Waals surface area contributed by atoms with Crippen LogP contribution in [0.2, 0.25) is 0 Å². The predicted molar refractivity (Wildman–Crippen MR) is 70.6 cm³/mol. The number of hydrogen-bond acceptors (Lipinski definition) is 3. The Morgan fingerprint density at radius 3 is 2.94 bits per heavy atom. The Morgan fingerprint density at radius 1 is 1.31 bits per heavy atom. The van der Waals surface area contributed by atoms with E-state index in [-0.39, 0.29) is 0 Å². The zero-order valence-corrected chi connectivity index (χ0v) is 10.6. The number of rotatable bonds is 5. The lowest BCUT2D eigenvalue weighted by Crippen LogP contribution is -2.07. The van der Waals surface area contributed by atoms with E-state index < -0.39 is 0 Å². The second kappa shape index (κ2) is 5.32. The molecule has 0 spiro atoms. The molecular formula is C13H17NOS. The van der Waals surface area contributed by atoms with Gasteiger partial charge in [0.05, 0.1) is 7.11 Å². The average molecular weight is 235 g/mol. The Morgan fingerprint density at radius 2 is 2.19 bits per heavy atom. The van der Waals surface area contributed by atoms with E-state index in [4.69, 9.17) is 4.74 Å². The molecule has 2 rings (SSSR count). The van der Waals surface area contributed by atoms with Crippen LogP contribution in [-0.4, -0.2) is 20.7 Å². The van der Waals surface area contributed by atoms with Crippen LogP contribution in [0, 0.1) is 0 Å². The molecular weight excluding hydrogens is 218 g/mol. The third kappa shape index (κ3) is 2.54.